The first-order chi connectivity index (χ1) is 10.1. The number of allylic oxidation sites excluding steroid dienone is 2. The van der Waals surface area contributed by atoms with Gasteiger partial charge in [0.2, 0.25) is 0 Å². The Hall–Kier alpha value is -1.37. The first kappa shape index (κ1) is 13.3. The summed E-state index contributed by atoms with van der Waals surface area (Å²) in [7, 11) is 0. The lowest BCUT2D eigenvalue weighted by atomic mass is 9.63. The quantitative estimate of drug-likeness (QED) is 0.724. The highest BCUT2D eigenvalue weighted by Gasteiger charge is 2.54. The topological polar surface area (TPSA) is 17.1 Å². The molecular weight excluding hydrogens is 256 g/mol. The molecule has 3 unspecified atom stereocenters. The predicted octanol–water partition coefficient (Wildman–Crippen LogP) is 4.60. The van der Waals surface area contributed by atoms with Crippen LogP contribution in [0.15, 0.2) is 30.4 Å². The van der Waals surface area contributed by atoms with E-state index in [1.807, 2.05) is 0 Å². The molecule has 1 aromatic carbocycles. The van der Waals surface area contributed by atoms with Crippen molar-refractivity contribution in [2.24, 2.45) is 23.2 Å². The van der Waals surface area contributed by atoms with Gasteiger partial charge >= 0.3 is 0 Å². The van der Waals surface area contributed by atoms with Crippen LogP contribution < -0.4 is 0 Å². The van der Waals surface area contributed by atoms with Gasteiger partial charge in [-0.2, -0.15) is 0 Å². The van der Waals surface area contributed by atoms with Crippen LogP contribution in [-0.4, -0.2) is 5.78 Å². The Balaban J connectivity index is 1.72. The Morgan fingerprint density at radius 3 is 2.81 bits per heavy atom. The van der Waals surface area contributed by atoms with Crippen LogP contribution in [0.25, 0.3) is 0 Å². The minimum atomic E-state index is -0.0527. The van der Waals surface area contributed by atoms with Gasteiger partial charge in [-0.3, -0.25) is 4.79 Å². The van der Waals surface area contributed by atoms with Crippen LogP contribution in [0, 0.1) is 23.2 Å². The van der Waals surface area contributed by atoms with Crippen LogP contribution in [0.2, 0.25) is 0 Å². The fourth-order valence-electron chi connectivity index (χ4n) is 4.89. The third kappa shape index (κ3) is 1.93. The Morgan fingerprint density at radius 2 is 2.14 bits per heavy atom. The van der Waals surface area contributed by atoms with Crippen LogP contribution in [-0.2, 0) is 12.8 Å². The van der Waals surface area contributed by atoms with Crippen LogP contribution in [0.1, 0.15) is 54.6 Å². The lowest BCUT2D eigenvalue weighted by molar-refractivity contribution is 0.0702. The van der Waals surface area contributed by atoms with Gasteiger partial charge in [0.25, 0.3) is 0 Å². The first-order valence-electron chi connectivity index (χ1n) is 8.43. The number of carbonyl (C=O) groups is 1. The summed E-state index contributed by atoms with van der Waals surface area (Å²) in [6.07, 6.45) is 10.2. The van der Waals surface area contributed by atoms with Crippen molar-refractivity contribution in [3.8, 4) is 0 Å². The van der Waals surface area contributed by atoms with E-state index in [0.29, 0.717) is 23.5 Å². The second-order valence-electron chi connectivity index (χ2n) is 7.77. The molecule has 3 atom stereocenters. The smallest absolute Gasteiger partial charge is 0.169 e. The summed E-state index contributed by atoms with van der Waals surface area (Å²) in [6, 6.07) is 6.64. The standard InChI is InChI=1S/C20H24O/c1-13(2)9-14-3-5-16-7-8-20(19(21)18(16)11-14)12-15-4-6-17(20)10-15/h3-6,11,13,15,17H,7-10,12H2,1-2H3. The van der Waals surface area contributed by atoms with Gasteiger partial charge in [-0.25, -0.2) is 0 Å². The van der Waals surface area contributed by atoms with Gasteiger partial charge in [0.1, 0.15) is 0 Å². The van der Waals surface area contributed by atoms with Gasteiger partial charge in [-0.05, 0) is 67.1 Å². The van der Waals surface area contributed by atoms with Gasteiger partial charge in [0.05, 0.1) is 0 Å². The van der Waals surface area contributed by atoms with Gasteiger partial charge in [0.15, 0.2) is 5.78 Å². The van der Waals surface area contributed by atoms with Crippen LogP contribution in [0.3, 0.4) is 0 Å². The number of carbonyl (C=O) groups excluding carboxylic acids is 1. The van der Waals surface area contributed by atoms with E-state index in [2.05, 4.69) is 44.2 Å². The molecule has 1 heteroatoms. The average molecular weight is 280 g/mol. The monoisotopic (exact) mass is 280 g/mol. The minimum Gasteiger partial charge on any atom is -0.294 e. The van der Waals surface area contributed by atoms with E-state index in [4.69, 9.17) is 0 Å². The molecule has 0 amide bonds. The maximum Gasteiger partial charge on any atom is 0.169 e. The van der Waals surface area contributed by atoms with Crippen molar-refractivity contribution in [3.63, 3.8) is 0 Å². The molecule has 4 rings (SSSR count). The molecule has 0 heterocycles. The third-order valence-corrected chi connectivity index (χ3v) is 5.86. The number of hydrogen-bond acceptors (Lipinski definition) is 1. The molecule has 3 aliphatic rings. The molecule has 1 saturated carbocycles. The SMILES string of the molecule is CC(C)Cc1ccc2c(c1)C(=O)C1(CC2)CC2C=CC1C2. The Bertz CT molecular complexity index is 625. The summed E-state index contributed by atoms with van der Waals surface area (Å²) < 4.78 is 0. The molecule has 0 N–H and O–H groups in total. The molecule has 2 bridgehead atoms. The van der Waals surface area contributed by atoms with Crippen molar-refractivity contribution in [3.05, 3.63) is 47.0 Å². The van der Waals surface area contributed by atoms with Crippen molar-refractivity contribution in [1.29, 1.82) is 0 Å². The van der Waals surface area contributed by atoms with E-state index in [1.54, 1.807) is 0 Å². The number of rotatable bonds is 2. The average Bonchev–Trinajstić information content (AvgIpc) is 3.04. The number of hydrogen-bond donors (Lipinski definition) is 0. The number of aryl methyl sites for hydroxylation is 1. The zero-order chi connectivity index (χ0) is 14.6. The number of benzene rings is 1. The fourth-order valence-corrected chi connectivity index (χ4v) is 4.89. The highest BCUT2D eigenvalue weighted by atomic mass is 16.1. The summed E-state index contributed by atoms with van der Waals surface area (Å²) in [5, 5.41) is 0. The Labute approximate surface area is 127 Å². The molecule has 0 saturated heterocycles. The largest absolute Gasteiger partial charge is 0.294 e. The van der Waals surface area contributed by atoms with Crippen LogP contribution >= 0.6 is 0 Å². The molecule has 1 aromatic rings. The first-order valence-corrected chi connectivity index (χ1v) is 8.43. The van der Waals surface area contributed by atoms with E-state index in [9.17, 15) is 4.79 Å². The molecule has 1 nitrogen and oxygen atoms in total. The highest BCUT2D eigenvalue weighted by molar-refractivity contribution is 6.03. The van der Waals surface area contributed by atoms with E-state index in [-0.39, 0.29) is 5.41 Å². The summed E-state index contributed by atoms with van der Waals surface area (Å²) >= 11 is 0. The van der Waals surface area contributed by atoms with Crippen molar-refractivity contribution >= 4 is 5.78 Å². The maximum atomic E-state index is 13.2. The Morgan fingerprint density at radius 1 is 1.29 bits per heavy atom. The lowest BCUT2D eigenvalue weighted by Crippen LogP contribution is -2.39. The molecular formula is C20H24O. The lowest BCUT2D eigenvalue weighted by Gasteiger charge is -2.38. The molecule has 1 spiro atoms. The van der Waals surface area contributed by atoms with Gasteiger partial charge in [-0.1, -0.05) is 38.1 Å². The van der Waals surface area contributed by atoms with Gasteiger partial charge < -0.3 is 0 Å². The molecule has 1 fully saturated rings. The number of Topliss-reactive ketones (excluding diaryl/α,β-unsaturated/α-hetero) is 1. The zero-order valence-corrected chi connectivity index (χ0v) is 13.1. The van der Waals surface area contributed by atoms with E-state index in [1.165, 1.54) is 17.5 Å². The van der Waals surface area contributed by atoms with Crippen LogP contribution in [0.4, 0.5) is 0 Å². The normalized spacial score (nSPS) is 33.2. The zero-order valence-electron chi connectivity index (χ0n) is 13.1. The van der Waals surface area contributed by atoms with Gasteiger partial charge in [0, 0.05) is 11.0 Å². The van der Waals surface area contributed by atoms with Crippen LogP contribution in [0.5, 0.6) is 0 Å². The fraction of sp³-hybridized carbons (Fsp3) is 0.550. The van der Waals surface area contributed by atoms with Crippen molar-refractivity contribution in [2.45, 2.75) is 46.0 Å². The highest BCUT2D eigenvalue weighted by Crippen LogP contribution is 2.57. The van der Waals surface area contributed by atoms with Crippen molar-refractivity contribution in [2.75, 3.05) is 0 Å². The second kappa shape index (κ2) is 4.56. The van der Waals surface area contributed by atoms with E-state index >= 15 is 0 Å². The summed E-state index contributed by atoms with van der Waals surface area (Å²) in [6.45, 7) is 4.48. The summed E-state index contributed by atoms with van der Waals surface area (Å²) in [5.41, 5.74) is 3.60. The third-order valence-electron chi connectivity index (χ3n) is 5.86. The van der Waals surface area contributed by atoms with Crippen molar-refractivity contribution < 1.29 is 4.79 Å². The minimum absolute atomic E-state index is 0.0527. The molecule has 3 aliphatic carbocycles. The number of ketones is 1. The molecule has 0 aliphatic heterocycles. The number of fused-ring (bicyclic) bond motifs is 4. The summed E-state index contributed by atoms with van der Waals surface area (Å²) in [4.78, 5) is 13.2. The maximum absolute atomic E-state index is 13.2. The van der Waals surface area contributed by atoms with Gasteiger partial charge in [-0.15, -0.1) is 0 Å². The molecule has 0 radical (unpaired) electrons. The molecule has 0 aromatic heterocycles. The van der Waals surface area contributed by atoms with E-state index in [0.717, 1.165) is 31.2 Å². The molecule has 110 valence electrons. The Kier molecular flexibility index (Phi) is 2.89. The van der Waals surface area contributed by atoms with Crippen molar-refractivity contribution in [1.82, 2.24) is 0 Å². The van der Waals surface area contributed by atoms with E-state index < -0.39 is 0 Å². The molecule has 21 heavy (non-hydrogen) atoms. The second-order valence-corrected chi connectivity index (χ2v) is 7.77. The summed E-state index contributed by atoms with van der Waals surface area (Å²) in [5.74, 6) is 2.27. The predicted molar refractivity (Wildman–Crippen MR) is 85.4 cm³/mol.